The Hall–Kier alpha value is -2.15. The van der Waals surface area contributed by atoms with E-state index < -0.39 is 5.54 Å². The molecule has 5 rings (SSSR count). The third kappa shape index (κ3) is 2.25. The molecule has 3 fully saturated rings. The summed E-state index contributed by atoms with van der Waals surface area (Å²) in [6, 6.07) is 1.65. The Balaban J connectivity index is 1.43. The molecule has 0 spiro atoms. The van der Waals surface area contributed by atoms with Crippen LogP contribution in [0.1, 0.15) is 37.1 Å². The standard InChI is InChI=1S/C18H19N3O3S/c1-10-14(19-15(24-10)11-6-7-25-9-11)8-21-16(22)18(12-2-3-12,13-4-5-13)20-17(21)23/h6-7,9,12-13H,2-5,8H2,1H3,(H,20,23). The van der Waals surface area contributed by atoms with E-state index in [1.54, 1.807) is 11.3 Å². The minimum atomic E-state index is -0.648. The lowest BCUT2D eigenvalue weighted by atomic mass is 9.87. The Morgan fingerprint density at radius 2 is 2.04 bits per heavy atom. The molecule has 0 bridgehead atoms. The summed E-state index contributed by atoms with van der Waals surface area (Å²) in [5.74, 6) is 1.73. The van der Waals surface area contributed by atoms with Gasteiger partial charge in [-0.05, 0) is 55.9 Å². The largest absolute Gasteiger partial charge is 0.441 e. The van der Waals surface area contributed by atoms with Gasteiger partial charge in [0.05, 0.1) is 6.54 Å². The number of hydrogen-bond acceptors (Lipinski definition) is 5. The van der Waals surface area contributed by atoms with Crippen LogP contribution in [0, 0.1) is 18.8 Å². The molecule has 0 unspecified atom stereocenters. The first kappa shape index (κ1) is 15.1. The maximum absolute atomic E-state index is 13.1. The van der Waals surface area contributed by atoms with Crippen molar-refractivity contribution in [3.8, 4) is 11.5 Å². The number of carbonyl (C=O) groups is 2. The van der Waals surface area contributed by atoms with E-state index in [1.165, 1.54) is 4.90 Å². The van der Waals surface area contributed by atoms with Gasteiger partial charge in [0.15, 0.2) is 0 Å². The molecule has 1 aliphatic heterocycles. The summed E-state index contributed by atoms with van der Waals surface area (Å²) >= 11 is 1.57. The van der Waals surface area contributed by atoms with Gasteiger partial charge in [-0.15, -0.1) is 0 Å². The van der Waals surface area contributed by atoms with Crippen molar-refractivity contribution in [2.75, 3.05) is 0 Å². The molecule has 7 heteroatoms. The van der Waals surface area contributed by atoms with Crippen LogP contribution in [0.3, 0.4) is 0 Å². The zero-order chi connectivity index (χ0) is 17.2. The Kier molecular flexibility index (Phi) is 3.13. The number of aromatic nitrogens is 1. The SMILES string of the molecule is Cc1oc(-c2ccsc2)nc1CN1C(=O)NC(C2CC2)(C2CC2)C1=O. The van der Waals surface area contributed by atoms with Crippen LogP contribution < -0.4 is 5.32 Å². The van der Waals surface area contributed by atoms with Crippen molar-refractivity contribution in [1.29, 1.82) is 0 Å². The van der Waals surface area contributed by atoms with Gasteiger partial charge in [0.1, 0.15) is 17.0 Å². The molecule has 3 aliphatic rings. The molecular weight excluding hydrogens is 338 g/mol. The highest BCUT2D eigenvalue weighted by molar-refractivity contribution is 7.08. The van der Waals surface area contributed by atoms with Gasteiger partial charge in [0, 0.05) is 10.9 Å². The zero-order valence-electron chi connectivity index (χ0n) is 13.9. The van der Waals surface area contributed by atoms with Crippen LogP contribution in [0.2, 0.25) is 0 Å². The average molecular weight is 357 g/mol. The molecule has 0 aromatic carbocycles. The van der Waals surface area contributed by atoms with Crippen LogP contribution in [0.15, 0.2) is 21.2 Å². The number of thiophene rings is 1. The fourth-order valence-corrected chi connectivity index (χ4v) is 4.58. The molecule has 3 heterocycles. The van der Waals surface area contributed by atoms with Crippen LogP contribution >= 0.6 is 11.3 Å². The molecule has 6 nitrogen and oxygen atoms in total. The quantitative estimate of drug-likeness (QED) is 0.833. The minimum Gasteiger partial charge on any atom is -0.441 e. The Morgan fingerprint density at radius 1 is 1.32 bits per heavy atom. The van der Waals surface area contributed by atoms with Crippen molar-refractivity contribution >= 4 is 23.3 Å². The van der Waals surface area contributed by atoms with E-state index in [0.29, 0.717) is 29.2 Å². The fraction of sp³-hybridized carbons (Fsp3) is 0.500. The van der Waals surface area contributed by atoms with Crippen molar-refractivity contribution in [3.05, 3.63) is 28.3 Å². The van der Waals surface area contributed by atoms with Gasteiger partial charge in [-0.2, -0.15) is 11.3 Å². The molecule has 130 valence electrons. The van der Waals surface area contributed by atoms with Gasteiger partial charge >= 0.3 is 6.03 Å². The summed E-state index contributed by atoms with van der Waals surface area (Å²) < 4.78 is 5.74. The molecule has 3 amide bonds. The minimum absolute atomic E-state index is 0.0676. The fourth-order valence-electron chi connectivity index (χ4n) is 3.96. The maximum Gasteiger partial charge on any atom is 0.325 e. The predicted octanol–water partition coefficient (Wildman–Crippen LogP) is 3.32. The molecular formula is C18H19N3O3S. The highest BCUT2D eigenvalue weighted by atomic mass is 32.1. The number of nitrogens with one attached hydrogen (secondary N) is 1. The molecule has 0 atom stereocenters. The highest BCUT2D eigenvalue weighted by Crippen LogP contribution is 2.54. The lowest BCUT2D eigenvalue weighted by Gasteiger charge is -2.26. The number of oxazole rings is 1. The zero-order valence-corrected chi connectivity index (χ0v) is 14.8. The normalized spacial score (nSPS) is 22.5. The number of rotatable bonds is 5. The van der Waals surface area contributed by atoms with Gasteiger partial charge in [0.2, 0.25) is 5.89 Å². The molecule has 1 N–H and O–H groups in total. The lowest BCUT2D eigenvalue weighted by molar-refractivity contribution is -0.133. The van der Waals surface area contributed by atoms with E-state index in [4.69, 9.17) is 4.42 Å². The first-order valence-electron chi connectivity index (χ1n) is 8.72. The average Bonchev–Trinajstić information content (AvgIpc) is 3.51. The topological polar surface area (TPSA) is 75.4 Å². The predicted molar refractivity (Wildman–Crippen MR) is 91.8 cm³/mol. The summed E-state index contributed by atoms with van der Waals surface area (Å²) in [5, 5.41) is 6.98. The number of amides is 3. The van der Waals surface area contributed by atoms with E-state index in [-0.39, 0.29) is 18.5 Å². The molecule has 2 aromatic rings. The van der Waals surface area contributed by atoms with Crippen LogP contribution in [0.4, 0.5) is 4.79 Å². The Morgan fingerprint density at radius 3 is 2.64 bits per heavy atom. The Labute approximate surface area is 149 Å². The van der Waals surface area contributed by atoms with E-state index in [1.807, 2.05) is 23.8 Å². The first-order valence-corrected chi connectivity index (χ1v) is 9.67. The van der Waals surface area contributed by atoms with E-state index in [9.17, 15) is 9.59 Å². The number of hydrogen-bond donors (Lipinski definition) is 1. The van der Waals surface area contributed by atoms with Gasteiger partial charge < -0.3 is 9.73 Å². The van der Waals surface area contributed by atoms with Crippen molar-refractivity contribution in [3.63, 3.8) is 0 Å². The molecule has 2 saturated carbocycles. The summed E-state index contributed by atoms with van der Waals surface area (Å²) in [5.41, 5.74) is 0.916. The Bertz CT molecular complexity index is 837. The lowest BCUT2D eigenvalue weighted by Crippen LogP contribution is -2.51. The van der Waals surface area contributed by atoms with Gasteiger partial charge in [-0.1, -0.05) is 0 Å². The number of urea groups is 1. The smallest absolute Gasteiger partial charge is 0.325 e. The maximum atomic E-state index is 13.1. The van der Waals surface area contributed by atoms with Crippen molar-refractivity contribution in [1.82, 2.24) is 15.2 Å². The monoisotopic (exact) mass is 357 g/mol. The van der Waals surface area contributed by atoms with Crippen molar-refractivity contribution < 1.29 is 14.0 Å². The van der Waals surface area contributed by atoms with Crippen LogP contribution in [0.25, 0.3) is 11.5 Å². The number of carbonyl (C=O) groups excluding carboxylic acids is 2. The second kappa shape index (κ2) is 5.17. The van der Waals surface area contributed by atoms with Gasteiger partial charge in [0.25, 0.3) is 5.91 Å². The first-order chi connectivity index (χ1) is 12.1. The summed E-state index contributed by atoms with van der Waals surface area (Å²) in [7, 11) is 0. The van der Waals surface area contributed by atoms with Crippen LogP contribution in [0.5, 0.6) is 0 Å². The van der Waals surface area contributed by atoms with Gasteiger partial charge in [-0.25, -0.2) is 9.78 Å². The molecule has 2 aliphatic carbocycles. The summed E-state index contributed by atoms with van der Waals surface area (Å²) in [6.07, 6.45) is 4.12. The third-order valence-electron chi connectivity index (χ3n) is 5.57. The van der Waals surface area contributed by atoms with Crippen LogP contribution in [-0.2, 0) is 11.3 Å². The number of aryl methyl sites for hydroxylation is 1. The van der Waals surface area contributed by atoms with Crippen molar-refractivity contribution in [2.45, 2.75) is 44.7 Å². The summed E-state index contributed by atoms with van der Waals surface area (Å²) in [6.45, 7) is 2.00. The molecule has 1 saturated heterocycles. The highest BCUT2D eigenvalue weighted by Gasteiger charge is 2.65. The second-order valence-corrected chi connectivity index (χ2v) is 8.05. The molecule has 2 aromatic heterocycles. The molecule has 0 radical (unpaired) electrons. The van der Waals surface area contributed by atoms with Crippen LogP contribution in [-0.4, -0.2) is 27.4 Å². The van der Waals surface area contributed by atoms with Gasteiger partial charge in [-0.3, -0.25) is 9.69 Å². The number of nitrogens with zero attached hydrogens (tertiary/aromatic N) is 2. The number of imide groups is 1. The van der Waals surface area contributed by atoms with E-state index in [0.717, 1.165) is 31.2 Å². The summed E-state index contributed by atoms with van der Waals surface area (Å²) in [4.78, 5) is 31.5. The van der Waals surface area contributed by atoms with E-state index in [2.05, 4.69) is 10.3 Å². The van der Waals surface area contributed by atoms with Crippen molar-refractivity contribution in [2.24, 2.45) is 11.8 Å². The molecule has 25 heavy (non-hydrogen) atoms. The third-order valence-corrected chi connectivity index (χ3v) is 6.25. The van der Waals surface area contributed by atoms with E-state index >= 15 is 0 Å². The second-order valence-electron chi connectivity index (χ2n) is 7.27.